The van der Waals surface area contributed by atoms with Crippen LogP contribution in [0.2, 0.25) is 0 Å². The third kappa shape index (κ3) is 3.36. The number of nitriles is 1. The molecule has 0 saturated heterocycles. The smallest absolute Gasteiger partial charge is 0.244 e. The number of aromatic nitrogens is 2. The van der Waals surface area contributed by atoms with Crippen LogP contribution in [0.3, 0.4) is 0 Å². The number of hydrogen-bond acceptors (Lipinski definition) is 6. The molecular formula is C22H20N4O3. The topological polar surface area (TPSA) is 110 Å². The molecule has 0 spiro atoms. The highest BCUT2D eigenvalue weighted by molar-refractivity contribution is 5.72. The summed E-state index contributed by atoms with van der Waals surface area (Å²) in [6, 6.07) is 13.5. The number of aromatic amines is 1. The van der Waals surface area contributed by atoms with Gasteiger partial charge in [-0.2, -0.15) is 5.26 Å². The maximum atomic E-state index is 9.76. The first kappa shape index (κ1) is 18.4. The Bertz CT molecular complexity index is 1120. The van der Waals surface area contributed by atoms with E-state index in [1.54, 1.807) is 6.26 Å². The fourth-order valence-electron chi connectivity index (χ4n) is 3.49. The number of furan rings is 1. The lowest BCUT2D eigenvalue weighted by Crippen LogP contribution is -2.20. The molecule has 4 rings (SSSR count). The summed E-state index contributed by atoms with van der Waals surface area (Å²) in [7, 11) is 0. The molecule has 0 saturated carbocycles. The molecule has 146 valence electrons. The number of nitrogens with two attached hydrogens (primary N) is 1. The Morgan fingerprint density at radius 1 is 1.34 bits per heavy atom. The maximum Gasteiger partial charge on any atom is 0.244 e. The molecular weight excluding hydrogens is 368 g/mol. The summed E-state index contributed by atoms with van der Waals surface area (Å²) in [6.07, 6.45) is 3.49. The van der Waals surface area contributed by atoms with E-state index in [-0.39, 0.29) is 5.88 Å². The molecule has 1 aromatic carbocycles. The van der Waals surface area contributed by atoms with Crippen LogP contribution in [0.5, 0.6) is 11.6 Å². The van der Waals surface area contributed by atoms with Crippen molar-refractivity contribution in [1.82, 2.24) is 10.2 Å². The second-order valence-electron chi connectivity index (χ2n) is 6.60. The van der Waals surface area contributed by atoms with Gasteiger partial charge in [-0.3, -0.25) is 5.10 Å². The van der Waals surface area contributed by atoms with E-state index in [9.17, 15) is 5.26 Å². The summed E-state index contributed by atoms with van der Waals surface area (Å²) in [5, 5.41) is 17.1. The van der Waals surface area contributed by atoms with E-state index in [2.05, 4.69) is 16.3 Å². The molecule has 0 bridgehead atoms. The quantitative estimate of drug-likeness (QED) is 0.673. The zero-order chi connectivity index (χ0) is 20.4. The number of fused-ring (bicyclic) bond motifs is 1. The van der Waals surface area contributed by atoms with Gasteiger partial charge in [0.2, 0.25) is 11.8 Å². The molecule has 29 heavy (non-hydrogen) atoms. The zero-order valence-corrected chi connectivity index (χ0v) is 16.1. The Morgan fingerprint density at radius 2 is 2.14 bits per heavy atom. The van der Waals surface area contributed by atoms with Gasteiger partial charge in [-0.05, 0) is 56.3 Å². The van der Waals surface area contributed by atoms with Crippen molar-refractivity contribution in [2.75, 3.05) is 6.61 Å². The van der Waals surface area contributed by atoms with Crippen LogP contribution in [0.1, 0.15) is 31.1 Å². The average Bonchev–Trinajstić information content (AvgIpc) is 3.37. The largest absolute Gasteiger partial charge is 0.494 e. The van der Waals surface area contributed by atoms with Crippen molar-refractivity contribution in [1.29, 1.82) is 5.26 Å². The highest BCUT2D eigenvalue weighted by Crippen LogP contribution is 2.46. The molecule has 0 fully saturated rings. The van der Waals surface area contributed by atoms with Crippen LogP contribution in [0, 0.1) is 11.3 Å². The number of nitrogens with zero attached hydrogens (tertiary/aromatic N) is 2. The van der Waals surface area contributed by atoms with Crippen molar-refractivity contribution >= 4 is 6.08 Å². The van der Waals surface area contributed by atoms with E-state index in [1.165, 1.54) is 0 Å². The van der Waals surface area contributed by atoms with Gasteiger partial charge in [0.1, 0.15) is 23.2 Å². The first-order chi connectivity index (χ1) is 14.1. The van der Waals surface area contributed by atoms with Crippen LogP contribution in [0.25, 0.3) is 17.3 Å². The molecule has 7 heteroatoms. The number of H-pyrrole nitrogens is 1. The third-order valence-corrected chi connectivity index (χ3v) is 4.76. The van der Waals surface area contributed by atoms with Crippen molar-refractivity contribution in [3.63, 3.8) is 0 Å². The molecule has 2 aromatic heterocycles. The summed E-state index contributed by atoms with van der Waals surface area (Å²) >= 11 is 0. The monoisotopic (exact) mass is 388 g/mol. The second kappa shape index (κ2) is 7.60. The van der Waals surface area contributed by atoms with Crippen LogP contribution in [0.4, 0.5) is 0 Å². The first-order valence-corrected chi connectivity index (χ1v) is 9.23. The van der Waals surface area contributed by atoms with E-state index in [0.29, 0.717) is 23.8 Å². The van der Waals surface area contributed by atoms with Crippen LogP contribution in [-0.4, -0.2) is 16.8 Å². The van der Waals surface area contributed by atoms with Gasteiger partial charge < -0.3 is 19.6 Å². The number of hydrogen-bond donors (Lipinski definition) is 2. The van der Waals surface area contributed by atoms with E-state index in [4.69, 9.17) is 19.6 Å². The summed E-state index contributed by atoms with van der Waals surface area (Å²) in [4.78, 5) is 0. The number of allylic oxidation sites excluding steroid dienone is 2. The Labute approximate surface area is 168 Å². The van der Waals surface area contributed by atoms with Gasteiger partial charge in [0.05, 0.1) is 30.0 Å². The van der Waals surface area contributed by atoms with Crippen molar-refractivity contribution < 1.29 is 13.9 Å². The number of benzene rings is 1. The molecule has 1 unspecified atom stereocenters. The molecule has 7 nitrogen and oxygen atoms in total. The van der Waals surface area contributed by atoms with Gasteiger partial charge in [-0.1, -0.05) is 5.57 Å². The predicted molar refractivity (Wildman–Crippen MR) is 108 cm³/mol. The van der Waals surface area contributed by atoms with Crippen molar-refractivity contribution in [3.05, 3.63) is 71.0 Å². The van der Waals surface area contributed by atoms with Crippen LogP contribution in [0.15, 0.2) is 64.1 Å². The summed E-state index contributed by atoms with van der Waals surface area (Å²) in [5.74, 6) is 1.49. The molecule has 0 radical (unpaired) electrons. The van der Waals surface area contributed by atoms with E-state index < -0.39 is 5.92 Å². The van der Waals surface area contributed by atoms with Crippen LogP contribution in [-0.2, 0) is 0 Å². The molecule has 3 aromatic rings. The minimum absolute atomic E-state index is 0.0574. The average molecular weight is 388 g/mol. The van der Waals surface area contributed by atoms with E-state index >= 15 is 0 Å². The van der Waals surface area contributed by atoms with Gasteiger partial charge in [-0.15, -0.1) is 5.10 Å². The van der Waals surface area contributed by atoms with Crippen molar-refractivity contribution in [2.45, 2.75) is 19.8 Å². The highest BCUT2D eigenvalue weighted by atomic mass is 16.5. The van der Waals surface area contributed by atoms with Gasteiger partial charge in [0.25, 0.3) is 0 Å². The normalized spacial score (nSPS) is 16.2. The second-order valence-corrected chi connectivity index (χ2v) is 6.60. The Hall–Kier alpha value is -3.92. The van der Waals surface area contributed by atoms with Crippen LogP contribution < -0.4 is 15.2 Å². The standard InChI is InChI=1S/C22H20N4O3/c1-3-27-15-8-6-14(7-9-15)20-19-18(13(2)11-16-5-4-10-28-16)17(12-23)21(24)29-22(19)26-25-20/h4-11,18H,3,24H2,1-2H3,(H,25,26). The minimum atomic E-state index is -0.408. The molecule has 0 aliphatic carbocycles. The zero-order valence-electron chi connectivity index (χ0n) is 16.1. The maximum absolute atomic E-state index is 9.76. The summed E-state index contributed by atoms with van der Waals surface area (Å²) < 4.78 is 16.6. The van der Waals surface area contributed by atoms with Crippen molar-refractivity contribution in [3.8, 4) is 29.0 Å². The number of nitrogens with one attached hydrogen (secondary N) is 1. The van der Waals surface area contributed by atoms with E-state index in [0.717, 1.165) is 28.1 Å². The third-order valence-electron chi connectivity index (χ3n) is 4.76. The molecule has 1 atom stereocenters. The SMILES string of the molecule is CCOc1ccc(-c2[nH]nc3c2C(C(C)=Cc2ccco2)C(C#N)=C(N)O3)cc1. The number of rotatable bonds is 5. The Morgan fingerprint density at radius 3 is 2.79 bits per heavy atom. The predicted octanol–water partition coefficient (Wildman–Crippen LogP) is 4.34. The molecule has 0 amide bonds. The Kier molecular flexibility index (Phi) is 4.83. The molecule has 3 N–H and O–H groups in total. The highest BCUT2D eigenvalue weighted by Gasteiger charge is 2.35. The van der Waals surface area contributed by atoms with Gasteiger partial charge >= 0.3 is 0 Å². The van der Waals surface area contributed by atoms with E-state index in [1.807, 2.05) is 56.3 Å². The summed E-state index contributed by atoms with van der Waals surface area (Å²) in [6.45, 7) is 4.47. The Balaban J connectivity index is 1.82. The molecule has 1 aliphatic rings. The lowest BCUT2D eigenvalue weighted by Gasteiger charge is -2.24. The van der Waals surface area contributed by atoms with Gasteiger partial charge in [0, 0.05) is 5.56 Å². The summed E-state index contributed by atoms with van der Waals surface area (Å²) in [5.41, 5.74) is 9.68. The minimum Gasteiger partial charge on any atom is -0.494 e. The fraction of sp³-hybridized carbons (Fsp3) is 0.182. The molecule has 1 aliphatic heterocycles. The van der Waals surface area contributed by atoms with Crippen molar-refractivity contribution in [2.24, 2.45) is 5.73 Å². The van der Waals surface area contributed by atoms with Crippen LogP contribution >= 0.6 is 0 Å². The molecule has 3 heterocycles. The lowest BCUT2D eigenvalue weighted by atomic mass is 9.83. The van der Waals surface area contributed by atoms with Gasteiger partial charge in [0.15, 0.2) is 0 Å². The fourth-order valence-corrected chi connectivity index (χ4v) is 3.49. The van der Waals surface area contributed by atoms with Gasteiger partial charge in [-0.25, -0.2) is 0 Å². The lowest BCUT2D eigenvalue weighted by molar-refractivity contribution is 0.340. The number of ether oxygens (including phenoxy) is 2. The first-order valence-electron chi connectivity index (χ1n) is 9.23.